The fourth-order valence-corrected chi connectivity index (χ4v) is 9.27. The van der Waals surface area contributed by atoms with E-state index in [4.69, 9.17) is 15.2 Å². The van der Waals surface area contributed by atoms with Crippen LogP contribution in [0, 0.1) is 6.92 Å². The van der Waals surface area contributed by atoms with Crippen molar-refractivity contribution in [3.8, 4) is 28.4 Å². The Morgan fingerprint density at radius 3 is 2.42 bits per heavy atom. The van der Waals surface area contributed by atoms with Crippen molar-refractivity contribution in [2.75, 3.05) is 42.8 Å². The lowest BCUT2D eigenvalue weighted by molar-refractivity contribution is -0.118. The number of aliphatic hydroxyl groups is 1. The number of nitrogens with two attached hydrogens (primary N) is 1. The van der Waals surface area contributed by atoms with E-state index in [-0.39, 0.29) is 57.2 Å². The molecule has 2 heterocycles. The SMILES string of the molecule is COc1cccc(Nc2c(C(N)=O)cnc3c(C)cc(S(=O)(=O)c4ccc(C(=O)Nc5cccc(-c6ccc(CCCCNC[C@H](O)c7ccc(O)c8c7OCC(=O)N8)cc6)c5)cc4)cc23)c1. The van der Waals surface area contributed by atoms with E-state index in [0.29, 0.717) is 51.4 Å². The van der Waals surface area contributed by atoms with Crippen LogP contribution in [-0.2, 0) is 21.1 Å². The number of carbonyl (C=O) groups excluding carboxylic acids is 3. The molecule has 1 aliphatic rings. The van der Waals surface area contributed by atoms with Gasteiger partial charge in [0, 0.05) is 46.7 Å². The van der Waals surface area contributed by atoms with E-state index in [2.05, 4.69) is 38.4 Å². The smallest absolute Gasteiger partial charge is 0.262 e. The van der Waals surface area contributed by atoms with Crippen molar-refractivity contribution in [1.82, 2.24) is 10.3 Å². The monoisotopic (exact) mass is 920 g/mol. The number of aliphatic hydroxyl groups excluding tert-OH is 1. The van der Waals surface area contributed by atoms with Gasteiger partial charge in [-0.1, -0.05) is 42.5 Å². The largest absolute Gasteiger partial charge is 0.506 e. The number of amides is 3. The predicted molar refractivity (Wildman–Crippen MR) is 256 cm³/mol. The standard InChI is InChI=1S/C51H48N6O9S/c1-30-23-39(26-41-46(30)54-27-42(50(52)61)47(41)55-36-10-6-11-37(25-36)65-2)67(63,64)38-18-16-33(17-19-38)51(62)56-35-9-5-8-34(24-35)32-14-12-31(13-15-32)7-3-4-22-53-28-44(59)40-20-21-43(58)48-49(40)66-29-45(60)57-48/h5-6,8-21,23-27,44,53,58-59H,3-4,7,22,28-29H2,1-2H3,(H2,52,61)(H,54,55)(H,56,62)(H,57,60)/t44-/m0/s1. The molecule has 15 nitrogen and oxygen atoms in total. The summed E-state index contributed by atoms with van der Waals surface area (Å²) in [6, 6.07) is 34.4. The van der Waals surface area contributed by atoms with Crippen LogP contribution in [0.2, 0.25) is 0 Å². The normalized spacial score (nSPS) is 12.7. The van der Waals surface area contributed by atoms with Gasteiger partial charge >= 0.3 is 0 Å². The van der Waals surface area contributed by atoms with Gasteiger partial charge in [-0.3, -0.25) is 19.4 Å². The first-order chi connectivity index (χ1) is 32.3. The first-order valence-electron chi connectivity index (χ1n) is 21.5. The van der Waals surface area contributed by atoms with Crippen molar-refractivity contribution in [2.24, 2.45) is 5.73 Å². The number of aryl methyl sites for hydroxylation is 2. The van der Waals surface area contributed by atoms with Gasteiger partial charge in [0.25, 0.3) is 17.7 Å². The van der Waals surface area contributed by atoms with Crippen molar-refractivity contribution in [3.05, 3.63) is 155 Å². The van der Waals surface area contributed by atoms with Gasteiger partial charge in [0.15, 0.2) is 12.4 Å². The number of phenols is 1. The number of carbonyl (C=O) groups is 3. The van der Waals surface area contributed by atoms with Crippen LogP contribution < -0.4 is 36.5 Å². The van der Waals surface area contributed by atoms with Crippen molar-refractivity contribution in [2.45, 2.75) is 42.1 Å². The number of phenolic OH excluding ortho intramolecular Hbond substituents is 1. The molecule has 8 rings (SSSR count). The zero-order chi connectivity index (χ0) is 47.2. The number of benzene rings is 6. The Balaban J connectivity index is 0.868. The Bertz CT molecular complexity index is 3130. The Labute approximate surface area is 386 Å². The molecule has 342 valence electrons. The molecule has 0 bridgehead atoms. The number of hydrogen-bond acceptors (Lipinski definition) is 12. The van der Waals surface area contributed by atoms with Crippen LogP contribution >= 0.6 is 0 Å². The molecule has 1 aromatic heterocycles. The molecule has 8 N–H and O–H groups in total. The number of nitrogens with one attached hydrogen (secondary N) is 4. The number of rotatable bonds is 17. The highest BCUT2D eigenvalue weighted by Gasteiger charge is 2.26. The number of primary amides is 1. The number of pyridine rings is 1. The van der Waals surface area contributed by atoms with Gasteiger partial charge in [0.05, 0.1) is 39.8 Å². The highest BCUT2D eigenvalue weighted by molar-refractivity contribution is 7.91. The van der Waals surface area contributed by atoms with E-state index < -0.39 is 27.8 Å². The summed E-state index contributed by atoms with van der Waals surface area (Å²) in [5, 5.41) is 33.2. The Kier molecular flexibility index (Phi) is 13.5. The Hall–Kier alpha value is -7.79. The van der Waals surface area contributed by atoms with Gasteiger partial charge in [-0.05, 0) is 128 Å². The van der Waals surface area contributed by atoms with E-state index in [1.165, 1.54) is 61.3 Å². The molecule has 0 radical (unpaired) electrons. The third kappa shape index (κ3) is 10.2. The van der Waals surface area contributed by atoms with Gasteiger partial charge in [0.1, 0.15) is 17.2 Å². The second-order valence-corrected chi connectivity index (χ2v) is 18.0. The molecule has 7 aromatic rings. The summed E-state index contributed by atoms with van der Waals surface area (Å²) in [5.41, 5.74) is 12.3. The maximum atomic E-state index is 14.1. The number of fused-ring (bicyclic) bond motifs is 2. The minimum Gasteiger partial charge on any atom is -0.506 e. The minimum absolute atomic E-state index is 0.0269. The molecule has 0 spiro atoms. The quantitative estimate of drug-likeness (QED) is 0.0342. The summed E-state index contributed by atoms with van der Waals surface area (Å²) < 4.78 is 39.0. The lowest BCUT2D eigenvalue weighted by Crippen LogP contribution is -2.28. The molecule has 0 fully saturated rings. The fraction of sp³-hybridized carbons (Fsp3) is 0.176. The lowest BCUT2D eigenvalue weighted by atomic mass is 10.0. The third-order valence-corrected chi connectivity index (χ3v) is 13.2. The fourth-order valence-electron chi connectivity index (χ4n) is 7.90. The van der Waals surface area contributed by atoms with Crippen LogP contribution in [0.25, 0.3) is 22.0 Å². The van der Waals surface area contributed by atoms with E-state index in [0.717, 1.165) is 30.4 Å². The molecule has 1 aliphatic heterocycles. The average Bonchev–Trinajstić information content (AvgIpc) is 3.33. The summed E-state index contributed by atoms with van der Waals surface area (Å²) in [6.07, 6.45) is 3.14. The zero-order valence-corrected chi connectivity index (χ0v) is 37.4. The molecular formula is C51H48N6O9S. The summed E-state index contributed by atoms with van der Waals surface area (Å²) in [6.45, 7) is 2.52. The third-order valence-electron chi connectivity index (χ3n) is 11.4. The number of anilines is 4. The topological polar surface area (TPSA) is 231 Å². The van der Waals surface area contributed by atoms with E-state index in [9.17, 15) is 33.0 Å². The highest BCUT2D eigenvalue weighted by atomic mass is 32.2. The molecule has 0 saturated carbocycles. The van der Waals surface area contributed by atoms with Crippen molar-refractivity contribution in [3.63, 3.8) is 0 Å². The second-order valence-electron chi connectivity index (χ2n) is 16.1. The summed E-state index contributed by atoms with van der Waals surface area (Å²) in [5.74, 6) is -0.792. The first-order valence-corrected chi connectivity index (χ1v) is 22.9. The molecule has 1 atom stereocenters. The van der Waals surface area contributed by atoms with Crippen molar-refractivity contribution < 1.29 is 42.5 Å². The molecule has 6 aromatic carbocycles. The summed E-state index contributed by atoms with van der Waals surface area (Å²) in [7, 11) is -2.57. The molecular weight excluding hydrogens is 873 g/mol. The Morgan fingerprint density at radius 1 is 0.896 bits per heavy atom. The van der Waals surface area contributed by atoms with E-state index >= 15 is 0 Å². The van der Waals surface area contributed by atoms with Gasteiger partial charge < -0.3 is 46.7 Å². The van der Waals surface area contributed by atoms with E-state index in [1.807, 2.05) is 30.3 Å². The maximum Gasteiger partial charge on any atom is 0.262 e. The lowest BCUT2D eigenvalue weighted by Gasteiger charge is -2.23. The molecule has 16 heteroatoms. The number of hydrogen-bond donors (Lipinski definition) is 7. The van der Waals surface area contributed by atoms with Gasteiger partial charge in [-0.15, -0.1) is 0 Å². The number of aromatic hydroxyl groups is 1. The number of sulfone groups is 1. The van der Waals surface area contributed by atoms with Crippen LogP contribution in [0.5, 0.6) is 17.2 Å². The van der Waals surface area contributed by atoms with Crippen LogP contribution in [0.4, 0.5) is 22.7 Å². The molecule has 3 amide bonds. The van der Waals surface area contributed by atoms with Gasteiger partial charge in [0.2, 0.25) is 9.84 Å². The van der Waals surface area contributed by atoms with Gasteiger partial charge in [-0.2, -0.15) is 0 Å². The number of ether oxygens (including phenoxy) is 2. The van der Waals surface area contributed by atoms with Crippen molar-refractivity contribution in [1.29, 1.82) is 0 Å². The molecule has 0 saturated heterocycles. The van der Waals surface area contributed by atoms with Gasteiger partial charge in [-0.25, -0.2) is 8.42 Å². The van der Waals surface area contributed by atoms with Crippen LogP contribution in [0.15, 0.2) is 137 Å². The van der Waals surface area contributed by atoms with Crippen LogP contribution in [0.1, 0.15) is 56.4 Å². The average molecular weight is 921 g/mol. The highest BCUT2D eigenvalue weighted by Crippen LogP contribution is 2.41. The Morgan fingerprint density at radius 2 is 1.66 bits per heavy atom. The zero-order valence-electron chi connectivity index (χ0n) is 36.6. The molecule has 67 heavy (non-hydrogen) atoms. The van der Waals surface area contributed by atoms with Crippen molar-refractivity contribution >= 4 is 61.2 Å². The predicted octanol–water partition coefficient (Wildman–Crippen LogP) is 7.83. The molecule has 0 unspecified atom stereocenters. The summed E-state index contributed by atoms with van der Waals surface area (Å²) >= 11 is 0. The summed E-state index contributed by atoms with van der Waals surface area (Å²) in [4.78, 5) is 42.0. The number of nitrogens with zero attached hydrogens (tertiary/aromatic N) is 1. The van der Waals surface area contributed by atoms with Crippen LogP contribution in [0.3, 0.4) is 0 Å². The number of methoxy groups -OCH3 is 1. The minimum atomic E-state index is -4.11. The maximum absolute atomic E-state index is 14.1. The van der Waals surface area contributed by atoms with E-state index in [1.54, 1.807) is 43.3 Å². The first kappa shape index (κ1) is 45.8. The number of aromatic nitrogens is 1. The van der Waals surface area contributed by atoms with Crippen LogP contribution in [-0.4, -0.2) is 68.1 Å². The molecule has 0 aliphatic carbocycles. The number of unbranched alkanes of at least 4 members (excludes halogenated alkanes) is 1. The second kappa shape index (κ2) is 19.8.